The zero-order valence-electron chi connectivity index (χ0n) is 21.2. The van der Waals surface area contributed by atoms with Crippen LogP contribution in [0.4, 0.5) is 0 Å². The molecule has 0 saturated heterocycles. The molecule has 0 heterocycles. The van der Waals surface area contributed by atoms with E-state index in [1.165, 1.54) is 0 Å². The fourth-order valence-electron chi connectivity index (χ4n) is 8.76. The van der Waals surface area contributed by atoms with Crippen LogP contribution in [0.5, 0.6) is 0 Å². The zero-order valence-corrected chi connectivity index (χ0v) is 21.2. The molecular formula is C28H46O5. The molecule has 11 atom stereocenters. The quantitative estimate of drug-likeness (QED) is 0.431. The summed E-state index contributed by atoms with van der Waals surface area (Å²) in [4.78, 5) is 13.0. The second-order valence-corrected chi connectivity index (χ2v) is 12.7. The van der Waals surface area contributed by atoms with Crippen molar-refractivity contribution in [1.29, 1.82) is 0 Å². The highest BCUT2D eigenvalue weighted by Crippen LogP contribution is 2.67. The molecule has 0 aromatic heterocycles. The molecule has 0 spiro atoms. The average Bonchev–Trinajstić information content (AvgIpc) is 3.13. The van der Waals surface area contributed by atoms with Crippen LogP contribution in [0.25, 0.3) is 0 Å². The van der Waals surface area contributed by atoms with Crippen LogP contribution in [0.1, 0.15) is 86.0 Å². The maximum absolute atomic E-state index is 13.0. The first-order valence-corrected chi connectivity index (χ1v) is 13.4. The summed E-state index contributed by atoms with van der Waals surface area (Å²) in [7, 11) is 0. The number of allylic oxidation sites excluding steroid dienone is 1. The molecular weight excluding hydrogens is 416 g/mol. The summed E-state index contributed by atoms with van der Waals surface area (Å²) in [6.45, 7) is 11.1. The first-order valence-electron chi connectivity index (χ1n) is 13.4. The highest BCUT2D eigenvalue weighted by molar-refractivity contribution is 5.76. The minimum absolute atomic E-state index is 0.0343. The van der Waals surface area contributed by atoms with E-state index in [0.29, 0.717) is 37.0 Å². The van der Waals surface area contributed by atoms with E-state index < -0.39 is 35.1 Å². The van der Waals surface area contributed by atoms with Crippen molar-refractivity contribution < 1.29 is 25.2 Å². The number of hydrogen-bond donors (Lipinski definition) is 4. The Labute approximate surface area is 199 Å². The van der Waals surface area contributed by atoms with Gasteiger partial charge >= 0.3 is 5.97 Å². The molecule has 4 rings (SSSR count). The number of aliphatic hydroxyl groups is 3. The van der Waals surface area contributed by atoms with Gasteiger partial charge in [0.2, 0.25) is 0 Å². The maximum Gasteiger partial charge on any atom is 0.310 e. The van der Waals surface area contributed by atoms with Gasteiger partial charge in [-0.25, -0.2) is 0 Å². The van der Waals surface area contributed by atoms with Crippen LogP contribution in [0, 0.1) is 52.3 Å². The lowest BCUT2D eigenvalue weighted by Crippen LogP contribution is -2.62. The third kappa shape index (κ3) is 3.81. The second-order valence-electron chi connectivity index (χ2n) is 12.7. The summed E-state index contributed by atoms with van der Waals surface area (Å²) < 4.78 is 0. The zero-order chi connectivity index (χ0) is 24.3. The fraction of sp³-hybridized carbons (Fsp3) is 0.893. The Kier molecular flexibility index (Phi) is 6.83. The number of hydrogen-bond acceptors (Lipinski definition) is 4. The lowest BCUT2D eigenvalue weighted by molar-refractivity contribution is -0.188. The second kappa shape index (κ2) is 8.95. The maximum atomic E-state index is 13.0. The van der Waals surface area contributed by atoms with Gasteiger partial charge in [0.05, 0.1) is 23.7 Å². The Morgan fingerprint density at radius 1 is 1.12 bits per heavy atom. The lowest BCUT2D eigenvalue weighted by Gasteiger charge is -2.60. The van der Waals surface area contributed by atoms with E-state index in [1.54, 1.807) is 0 Å². The third-order valence-electron chi connectivity index (χ3n) is 11.0. The highest BCUT2D eigenvalue weighted by atomic mass is 16.4. The van der Waals surface area contributed by atoms with Crippen molar-refractivity contribution in [2.24, 2.45) is 52.3 Å². The Morgan fingerprint density at radius 2 is 1.82 bits per heavy atom. The largest absolute Gasteiger partial charge is 0.481 e. The minimum Gasteiger partial charge on any atom is -0.481 e. The number of carbonyl (C=O) groups is 1. The predicted molar refractivity (Wildman–Crippen MR) is 128 cm³/mol. The van der Waals surface area contributed by atoms with Gasteiger partial charge in [0, 0.05) is 11.8 Å². The van der Waals surface area contributed by atoms with Gasteiger partial charge in [-0.3, -0.25) is 4.79 Å². The number of aliphatic carboxylic acids is 1. The van der Waals surface area contributed by atoms with E-state index >= 15 is 0 Å². The normalized spacial score (nSPS) is 46.7. The molecule has 4 aliphatic rings. The SMILES string of the molecule is CC(C)C(C)CCC(C)C1CCC2C3CC=C4C[C@@H](O)C[C@H](O)[C@]4(C)C3[C@H](O)C[C@]12C(=O)O. The highest BCUT2D eigenvalue weighted by Gasteiger charge is 2.68. The van der Waals surface area contributed by atoms with Crippen molar-refractivity contribution in [1.82, 2.24) is 0 Å². The van der Waals surface area contributed by atoms with E-state index in [0.717, 1.165) is 37.7 Å². The van der Waals surface area contributed by atoms with Crippen LogP contribution < -0.4 is 0 Å². The third-order valence-corrected chi connectivity index (χ3v) is 11.0. The standard InChI is InChI=1S/C28H46O5/c1-15(2)16(3)6-7-17(4)21-10-11-22-20-9-8-18-12-19(29)13-24(31)27(18,5)25(20)23(30)14-28(21,22)26(32)33/h8,15-17,19-25,29-31H,6-7,9-14H2,1-5H3,(H,32,33)/t16?,17?,19-,20?,21?,22?,23-,24+,25?,27-,28+/m1/s1. The van der Waals surface area contributed by atoms with Gasteiger partial charge < -0.3 is 20.4 Å². The Balaban J connectivity index is 1.64. The topological polar surface area (TPSA) is 98.0 Å². The number of rotatable bonds is 6. The molecule has 0 amide bonds. The molecule has 5 heteroatoms. The van der Waals surface area contributed by atoms with Crippen molar-refractivity contribution >= 4 is 5.97 Å². The molecule has 0 bridgehead atoms. The molecule has 33 heavy (non-hydrogen) atoms. The van der Waals surface area contributed by atoms with E-state index in [2.05, 4.69) is 33.8 Å². The molecule has 188 valence electrons. The van der Waals surface area contributed by atoms with Gasteiger partial charge in [-0.1, -0.05) is 59.1 Å². The van der Waals surface area contributed by atoms with Gasteiger partial charge in [0.15, 0.2) is 0 Å². The molecule has 4 aliphatic carbocycles. The number of aliphatic hydroxyl groups excluding tert-OH is 3. The van der Waals surface area contributed by atoms with Gasteiger partial charge in [0.1, 0.15) is 0 Å². The summed E-state index contributed by atoms with van der Waals surface area (Å²) >= 11 is 0. The molecule has 3 fully saturated rings. The first-order chi connectivity index (χ1) is 15.4. The Hall–Kier alpha value is -0.910. The van der Waals surface area contributed by atoms with Gasteiger partial charge in [-0.2, -0.15) is 0 Å². The van der Waals surface area contributed by atoms with Crippen LogP contribution in [-0.2, 0) is 4.79 Å². The van der Waals surface area contributed by atoms with Gasteiger partial charge in [-0.15, -0.1) is 0 Å². The molecule has 4 N–H and O–H groups in total. The van der Waals surface area contributed by atoms with Gasteiger partial charge in [-0.05, 0) is 73.5 Å². The van der Waals surface area contributed by atoms with E-state index in [4.69, 9.17) is 0 Å². The summed E-state index contributed by atoms with van der Waals surface area (Å²) in [5, 5.41) is 43.6. The van der Waals surface area contributed by atoms with Crippen molar-refractivity contribution in [2.75, 3.05) is 0 Å². The molecule has 0 aromatic rings. The van der Waals surface area contributed by atoms with Crippen LogP contribution in [0.3, 0.4) is 0 Å². The number of carboxylic acid groups (broad SMARTS) is 1. The van der Waals surface area contributed by atoms with Crippen LogP contribution in [0.2, 0.25) is 0 Å². The monoisotopic (exact) mass is 462 g/mol. The van der Waals surface area contributed by atoms with E-state index in [1.807, 2.05) is 6.92 Å². The van der Waals surface area contributed by atoms with Crippen LogP contribution in [-0.4, -0.2) is 44.7 Å². The van der Waals surface area contributed by atoms with Crippen LogP contribution >= 0.6 is 0 Å². The number of fused-ring (bicyclic) bond motifs is 5. The van der Waals surface area contributed by atoms with Crippen molar-refractivity contribution in [3.63, 3.8) is 0 Å². The van der Waals surface area contributed by atoms with Crippen molar-refractivity contribution in [3.8, 4) is 0 Å². The lowest BCUT2D eigenvalue weighted by atomic mass is 9.45. The molecule has 0 aromatic carbocycles. The van der Waals surface area contributed by atoms with E-state index in [9.17, 15) is 25.2 Å². The van der Waals surface area contributed by atoms with Gasteiger partial charge in [0.25, 0.3) is 0 Å². The minimum atomic E-state index is -0.873. The molecule has 3 saturated carbocycles. The molecule has 6 unspecified atom stereocenters. The molecule has 0 aliphatic heterocycles. The Bertz CT molecular complexity index is 776. The summed E-state index contributed by atoms with van der Waals surface area (Å²) in [5.41, 5.74) is -0.396. The van der Waals surface area contributed by atoms with Crippen LogP contribution in [0.15, 0.2) is 11.6 Å². The fourth-order valence-corrected chi connectivity index (χ4v) is 8.76. The summed E-state index contributed by atoms with van der Waals surface area (Å²) in [5.74, 6) is 0.883. The van der Waals surface area contributed by atoms with E-state index in [-0.39, 0.29) is 23.7 Å². The summed E-state index contributed by atoms with van der Waals surface area (Å²) in [6.07, 6.45) is 6.04. The average molecular weight is 463 g/mol. The molecule has 0 radical (unpaired) electrons. The Morgan fingerprint density at radius 3 is 2.45 bits per heavy atom. The molecule has 5 nitrogen and oxygen atoms in total. The summed E-state index contributed by atoms with van der Waals surface area (Å²) in [6, 6.07) is 0. The van der Waals surface area contributed by atoms with Crippen molar-refractivity contribution in [2.45, 2.75) is 104 Å². The van der Waals surface area contributed by atoms with Crippen molar-refractivity contribution in [3.05, 3.63) is 11.6 Å². The smallest absolute Gasteiger partial charge is 0.310 e. The predicted octanol–water partition coefficient (Wildman–Crippen LogP) is 4.64. The number of carboxylic acids is 1. The first kappa shape index (κ1) is 25.2.